The van der Waals surface area contributed by atoms with Gasteiger partial charge in [0, 0.05) is 6.54 Å². The van der Waals surface area contributed by atoms with Gasteiger partial charge in [0.15, 0.2) is 5.79 Å². The number of rotatable bonds is 7. The van der Waals surface area contributed by atoms with Crippen LogP contribution in [0.25, 0.3) is 0 Å². The molecule has 10 nitrogen and oxygen atoms in total. The molecule has 34 heavy (non-hydrogen) atoms. The summed E-state index contributed by atoms with van der Waals surface area (Å²) in [6.45, 7) is 3.01. The molecule has 0 bridgehead atoms. The van der Waals surface area contributed by atoms with E-state index in [0.717, 1.165) is 9.87 Å². The first kappa shape index (κ1) is 24.6. The molecule has 0 unspecified atom stereocenters. The maximum atomic E-state index is 13.5. The molecule has 2 aliphatic heterocycles. The normalized spacial score (nSPS) is 26.6. The molecule has 2 aliphatic rings. The smallest absolute Gasteiger partial charge is 0.264 e. The number of hydrogen-bond donors (Lipinski definition) is 2. The highest BCUT2D eigenvalue weighted by Crippen LogP contribution is 2.38. The Bertz CT molecular complexity index is 1110. The molecular formula is C23H28N2O8S. The molecule has 0 aliphatic carbocycles. The second-order valence-electron chi connectivity index (χ2n) is 8.57. The Morgan fingerprint density at radius 3 is 2.41 bits per heavy atom. The summed E-state index contributed by atoms with van der Waals surface area (Å²) in [6, 6.07) is 13.6. The Hall–Kier alpha value is -2.54. The number of fused-ring (bicyclic) bond motifs is 1. The van der Waals surface area contributed by atoms with E-state index in [1.165, 1.54) is 31.4 Å². The van der Waals surface area contributed by atoms with Gasteiger partial charge in [-0.15, -0.1) is 0 Å². The highest BCUT2D eigenvalue weighted by Gasteiger charge is 2.58. The van der Waals surface area contributed by atoms with Gasteiger partial charge in [0.2, 0.25) is 10.0 Å². The number of hydrogen-bond acceptors (Lipinski definition) is 8. The number of piperidine rings is 1. The summed E-state index contributed by atoms with van der Waals surface area (Å²) in [5.74, 6) is -1.36. The third-order valence-corrected chi connectivity index (χ3v) is 7.58. The predicted octanol–water partition coefficient (Wildman–Crippen LogP) is 1.20. The van der Waals surface area contributed by atoms with Crippen LogP contribution in [0.3, 0.4) is 0 Å². The number of aliphatic hydroxyl groups is 1. The van der Waals surface area contributed by atoms with Crippen LogP contribution < -0.4 is 10.2 Å². The summed E-state index contributed by atoms with van der Waals surface area (Å²) in [4.78, 5) is 18.6. The van der Waals surface area contributed by atoms with Gasteiger partial charge < -0.3 is 19.3 Å². The van der Waals surface area contributed by atoms with E-state index in [4.69, 9.17) is 19.0 Å². The number of β-amino-alcohol motifs (C(OH)–C–C–N with tert-alkyl or cyclic N) is 1. The van der Waals surface area contributed by atoms with Crippen LogP contribution in [0.4, 0.5) is 0 Å². The number of amides is 1. The summed E-state index contributed by atoms with van der Waals surface area (Å²) in [6.07, 6.45) is -3.14. The number of sulfonamides is 1. The van der Waals surface area contributed by atoms with Crippen molar-refractivity contribution in [3.05, 3.63) is 60.2 Å². The number of nitrogens with one attached hydrogen (secondary N) is 1. The van der Waals surface area contributed by atoms with Crippen molar-refractivity contribution >= 4 is 15.9 Å². The van der Waals surface area contributed by atoms with Crippen LogP contribution in [0.1, 0.15) is 19.4 Å². The number of hydroxylamine groups is 1. The van der Waals surface area contributed by atoms with E-state index in [1.807, 2.05) is 30.3 Å². The molecule has 0 aromatic heterocycles. The molecule has 11 heteroatoms. The second kappa shape index (κ2) is 9.61. The zero-order chi connectivity index (χ0) is 24.5. The fourth-order valence-electron chi connectivity index (χ4n) is 4.16. The molecule has 2 fully saturated rings. The standard InChI is InChI=1S/C23H28N2O8S/c1-23(2)32-20-18(26)13-25(34(28,29)17-11-9-16(30-3)10-12-17)19(21(20)33-23)22(27)24-31-14-15-7-5-4-6-8-15/h4-12,18-21,26H,13-14H2,1-3H3,(H,24,27)/t18-,19-,20-,21-/m1/s1. The van der Waals surface area contributed by atoms with E-state index < -0.39 is 46.1 Å². The minimum absolute atomic E-state index is 0.0554. The highest BCUT2D eigenvalue weighted by atomic mass is 32.2. The Labute approximate surface area is 198 Å². The van der Waals surface area contributed by atoms with Crippen LogP contribution in [-0.2, 0) is 35.7 Å². The van der Waals surface area contributed by atoms with E-state index in [0.29, 0.717) is 5.75 Å². The molecule has 2 N–H and O–H groups in total. The summed E-state index contributed by atoms with van der Waals surface area (Å²) >= 11 is 0. The molecule has 2 aromatic rings. The molecule has 2 aromatic carbocycles. The number of carbonyl (C=O) groups is 1. The first-order chi connectivity index (χ1) is 16.1. The fraction of sp³-hybridized carbons (Fsp3) is 0.435. The lowest BCUT2D eigenvalue weighted by Crippen LogP contribution is -2.65. The monoisotopic (exact) mass is 492 g/mol. The third-order valence-electron chi connectivity index (χ3n) is 5.72. The Morgan fingerprint density at radius 2 is 1.76 bits per heavy atom. The molecule has 0 spiro atoms. The van der Waals surface area contributed by atoms with Crippen LogP contribution >= 0.6 is 0 Å². The average molecular weight is 493 g/mol. The molecule has 4 atom stereocenters. The van der Waals surface area contributed by atoms with Crippen molar-refractivity contribution in [3.8, 4) is 5.75 Å². The maximum absolute atomic E-state index is 13.5. The minimum Gasteiger partial charge on any atom is -0.497 e. The molecule has 2 saturated heterocycles. The van der Waals surface area contributed by atoms with Crippen LogP contribution in [0.5, 0.6) is 5.75 Å². The van der Waals surface area contributed by atoms with Gasteiger partial charge in [-0.3, -0.25) is 9.63 Å². The zero-order valence-electron chi connectivity index (χ0n) is 19.1. The van der Waals surface area contributed by atoms with Crippen molar-refractivity contribution in [2.24, 2.45) is 0 Å². The van der Waals surface area contributed by atoms with Crippen LogP contribution in [0.15, 0.2) is 59.5 Å². The number of carbonyl (C=O) groups excluding carboxylic acids is 1. The van der Waals surface area contributed by atoms with Gasteiger partial charge in [-0.1, -0.05) is 30.3 Å². The lowest BCUT2D eigenvalue weighted by molar-refractivity contribution is -0.156. The second-order valence-corrected chi connectivity index (χ2v) is 10.5. The molecular weight excluding hydrogens is 464 g/mol. The topological polar surface area (TPSA) is 124 Å². The van der Waals surface area contributed by atoms with Gasteiger partial charge in [-0.2, -0.15) is 4.31 Å². The molecule has 2 heterocycles. The van der Waals surface area contributed by atoms with Crippen molar-refractivity contribution in [1.82, 2.24) is 9.79 Å². The molecule has 184 valence electrons. The Balaban J connectivity index is 1.62. The summed E-state index contributed by atoms with van der Waals surface area (Å²) < 4.78 is 44.8. The van der Waals surface area contributed by atoms with Gasteiger partial charge in [-0.05, 0) is 43.7 Å². The number of benzene rings is 2. The SMILES string of the molecule is COc1ccc(S(=O)(=O)N2C[C@@H](O)[C@H]3OC(C)(C)O[C@@H]3[C@@H]2C(=O)NOCc2ccccc2)cc1. The van der Waals surface area contributed by atoms with Gasteiger partial charge in [0.05, 0.1) is 24.7 Å². The quantitative estimate of drug-likeness (QED) is 0.553. The number of aliphatic hydroxyl groups excluding tert-OH is 1. The lowest BCUT2D eigenvalue weighted by Gasteiger charge is -2.41. The number of methoxy groups -OCH3 is 1. The molecule has 0 radical (unpaired) electrons. The van der Waals surface area contributed by atoms with Gasteiger partial charge in [0.25, 0.3) is 5.91 Å². The molecule has 1 amide bonds. The highest BCUT2D eigenvalue weighted by molar-refractivity contribution is 7.89. The summed E-state index contributed by atoms with van der Waals surface area (Å²) in [7, 11) is -2.73. The number of ether oxygens (including phenoxy) is 3. The third kappa shape index (κ3) is 4.95. The van der Waals surface area contributed by atoms with E-state index in [9.17, 15) is 18.3 Å². The van der Waals surface area contributed by atoms with E-state index in [1.54, 1.807) is 13.8 Å². The van der Waals surface area contributed by atoms with Crippen molar-refractivity contribution in [1.29, 1.82) is 0 Å². The lowest BCUT2D eigenvalue weighted by atomic mass is 9.95. The van der Waals surface area contributed by atoms with Crippen molar-refractivity contribution < 1.29 is 37.4 Å². The van der Waals surface area contributed by atoms with Gasteiger partial charge >= 0.3 is 0 Å². The molecule has 4 rings (SSSR count). The first-order valence-electron chi connectivity index (χ1n) is 10.8. The molecule has 0 saturated carbocycles. The number of nitrogens with zero attached hydrogens (tertiary/aromatic N) is 1. The van der Waals surface area contributed by atoms with Gasteiger partial charge in [-0.25, -0.2) is 13.9 Å². The van der Waals surface area contributed by atoms with Gasteiger partial charge in [0.1, 0.15) is 24.0 Å². The van der Waals surface area contributed by atoms with Crippen molar-refractivity contribution in [2.45, 2.75) is 55.5 Å². The first-order valence-corrected chi connectivity index (χ1v) is 12.2. The van der Waals surface area contributed by atoms with Crippen LogP contribution in [-0.4, -0.2) is 67.5 Å². The Morgan fingerprint density at radius 1 is 1.12 bits per heavy atom. The van der Waals surface area contributed by atoms with Crippen molar-refractivity contribution in [2.75, 3.05) is 13.7 Å². The van der Waals surface area contributed by atoms with Crippen LogP contribution in [0.2, 0.25) is 0 Å². The van der Waals surface area contributed by atoms with E-state index >= 15 is 0 Å². The van der Waals surface area contributed by atoms with Crippen LogP contribution in [0, 0.1) is 0 Å². The van der Waals surface area contributed by atoms with E-state index in [2.05, 4.69) is 5.48 Å². The van der Waals surface area contributed by atoms with Crippen molar-refractivity contribution in [3.63, 3.8) is 0 Å². The maximum Gasteiger partial charge on any atom is 0.264 e. The zero-order valence-corrected chi connectivity index (χ0v) is 19.9. The summed E-state index contributed by atoms with van der Waals surface area (Å²) in [5.41, 5.74) is 3.17. The largest absolute Gasteiger partial charge is 0.497 e. The minimum atomic E-state index is -4.20. The average Bonchev–Trinajstić information content (AvgIpc) is 3.15. The summed E-state index contributed by atoms with van der Waals surface area (Å²) in [5, 5.41) is 10.7. The van der Waals surface area contributed by atoms with E-state index in [-0.39, 0.29) is 18.0 Å². The predicted molar refractivity (Wildman–Crippen MR) is 120 cm³/mol. The Kier molecular flexibility index (Phi) is 6.94. The fourth-order valence-corrected chi connectivity index (χ4v) is 5.77.